The highest BCUT2D eigenvalue weighted by Crippen LogP contribution is 2.35. The van der Waals surface area contributed by atoms with Gasteiger partial charge >= 0.3 is 0 Å². The molecule has 0 bridgehead atoms. The van der Waals surface area contributed by atoms with Crippen molar-refractivity contribution in [2.75, 3.05) is 46.3 Å². The van der Waals surface area contributed by atoms with Gasteiger partial charge in [-0.15, -0.1) is 0 Å². The summed E-state index contributed by atoms with van der Waals surface area (Å²) in [5.74, 6) is -0.169. The van der Waals surface area contributed by atoms with Crippen molar-refractivity contribution in [3.05, 3.63) is 64.6 Å². The lowest BCUT2D eigenvalue weighted by molar-refractivity contribution is -0.384. The summed E-state index contributed by atoms with van der Waals surface area (Å²) < 4.78 is 1.83. The molecule has 1 amide bonds. The molecule has 0 spiro atoms. The van der Waals surface area contributed by atoms with Crippen LogP contribution in [-0.4, -0.2) is 86.7 Å². The van der Waals surface area contributed by atoms with Gasteiger partial charge in [0.25, 0.3) is 11.6 Å². The molecular weight excluding hydrogens is 472 g/mol. The first kappa shape index (κ1) is 24.6. The number of aromatic nitrogens is 4. The molecule has 4 heterocycles. The number of fused-ring (bicyclic) bond motifs is 1. The number of hydrogen-bond acceptors (Lipinski definition) is 7. The second kappa shape index (κ2) is 10.5. The Balaban J connectivity index is 1.40. The molecule has 1 aliphatic heterocycles. The van der Waals surface area contributed by atoms with Gasteiger partial charge in [-0.25, -0.2) is 4.98 Å². The third-order valence-corrected chi connectivity index (χ3v) is 6.81. The number of pyridine rings is 1. The quantitative estimate of drug-likeness (QED) is 0.280. The molecule has 1 fully saturated rings. The van der Waals surface area contributed by atoms with Crippen LogP contribution >= 0.6 is 0 Å². The Morgan fingerprint density at radius 2 is 1.89 bits per heavy atom. The normalized spacial score (nSPS) is 14.8. The van der Waals surface area contributed by atoms with E-state index in [1.165, 1.54) is 12.1 Å². The molecular formula is C26H30N8O3. The first-order chi connectivity index (χ1) is 17.9. The lowest BCUT2D eigenvalue weighted by Gasteiger charge is -2.32. The highest BCUT2D eigenvalue weighted by molar-refractivity contribution is 6.03. The summed E-state index contributed by atoms with van der Waals surface area (Å²) in [5, 5.41) is 19.6. The van der Waals surface area contributed by atoms with Crippen LogP contribution in [-0.2, 0) is 6.54 Å². The smallest absolute Gasteiger partial charge is 0.269 e. The predicted molar refractivity (Wildman–Crippen MR) is 141 cm³/mol. The highest BCUT2D eigenvalue weighted by atomic mass is 16.6. The Morgan fingerprint density at radius 1 is 1.14 bits per heavy atom. The van der Waals surface area contributed by atoms with Crippen LogP contribution in [0.5, 0.6) is 0 Å². The third-order valence-electron chi connectivity index (χ3n) is 6.81. The number of aromatic amines is 1. The Labute approximate surface area is 214 Å². The fourth-order valence-corrected chi connectivity index (χ4v) is 4.61. The average Bonchev–Trinajstić information content (AvgIpc) is 3.54. The molecule has 0 aliphatic carbocycles. The number of likely N-dealkylation sites (N-methyl/N-ethyl adjacent to an activating group) is 1. The van der Waals surface area contributed by atoms with E-state index in [9.17, 15) is 14.9 Å². The lowest BCUT2D eigenvalue weighted by atomic mass is 10.00. The molecule has 0 unspecified atom stereocenters. The number of rotatable bonds is 8. The molecule has 11 nitrogen and oxygen atoms in total. The van der Waals surface area contributed by atoms with Gasteiger partial charge in [0.15, 0.2) is 0 Å². The minimum Gasteiger partial charge on any atom is -0.349 e. The van der Waals surface area contributed by atoms with E-state index in [0.29, 0.717) is 30.1 Å². The van der Waals surface area contributed by atoms with Crippen molar-refractivity contribution in [3.63, 3.8) is 0 Å². The van der Waals surface area contributed by atoms with E-state index < -0.39 is 4.92 Å². The van der Waals surface area contributed by atoms with Crippen LogP contribution in [0.25, 0.3) is 33.4 Å². The molecule has 3 aromatic heterocycles. The molecule has 2 N–H and O–H groups in total. The summed E-state index contributed by atoms with van der Waals surface area (Å²) in [4.78, 5) is 35.8. The summed E-state index contributed by atoms with van der Waals surface area (Å²) in [6.45, 7) is 8.16. The number of H-pyrrole nitrogens is 1. The van der Waals surface area contributed by atoms with E-state index in [1.807, 2.05) is 29.9 Å². The van der Waals surface area contributed by atoms with E-state index in [4.69, 9.17) is 5.10 Å². The zero-order chi connectivity index (χ0) is 25.9. The maximum atomic E-state index is 12.9. The van der Waals surface area contributed by atoms with Gasteiger partial charge in [0.1, 0.15) is 17.0 Å². The number of non-ortho nitro benzene ring substituents is 1. The number of nitrogens with one attached hydrogen (secondary N) is 2. The monoisotopic (exact) mass is 502 g/mol. The summed E-state index contributed by atoms with van der Waals surface area (Å²) in [5.41, 5.74) is 4.32. The molecule has 192 valence electrons. The number of nitro groups is 1. The third kappa shape index (κ3) is 5.23. The maximum Gasteiger partial charge on any atom is 0.269 e. The van der Waals surface area contributed by atoms with Crippen LogP contribution in [0.3, 0.4) is 0 Å². The lowest BCUT2D eigenvalue weighted by Crippen LogP contribution is -2.46. The van der Waals surface area contributed by atoms with Gasteiger partial charge in [0.2, 0.25) is 0 Å². The minimum atomic E-state index is -0.417. The Hall–Kier alpha value is -4.09. The van der Waals surface area contributed by atoms with Gasteiger partial charge in [0.05, 0.1) is 4.92 Å². The van der Waals surface area contributed by atoms with Crippen LogP contribution in [0.2, 0.25) is 0 Å². The molecule has 0 atom stereocenters. The maximum absolute atomic E-state index is 12.9. The summed E-state index contributed by atoms with van der Waals surface area (Å²) in [6, 6.07) is 10.1. The van der Waals surface area contributed by atoms with Crippen molar-refractivity contribution in [2.24, 2.45) is 0 Å². The SMILES string of the molecule is CCn1cc(-c2ccnc3[nH]c(C(=O)NCCN4CCN(C)CC4)cc23)c(-c2ccc([N+](=O)[O-])cc2)n1. The van der Waals surface area contributed by atoms with Gasteiger partial charge in [0, 0.05) is 86.9 Å². The Bertz CT molecular complexity index is 1420. The first-order valence-electron chi connectivity index (χ1n) is 12.4. The molecule has 11 heteroatoms. The van der Waals surface area contributed by atoms with Gasteiger partial charge in [-0.05, 0) is 43.8 Å². The van der Waals surface area contributed by atoms with Crippen molar-refractivity contribution in [1.29, 1.82) is 0 Å². The van der Waals surface area contributed by atoms with Crippen LogP contribution in [0, 0.1) is 10.1 Å². The molecule has 1 aliphatic rings. The number of carbonyl (C=O) groups is 1. The predicted octanol–water partition coefficient (Wildman–Crippen LogP) is 3.00. The summed E-state index contributed by atoms with van der Waals surface area (Å²) in [7, 11) is 2.12. The summed E-state index contributed by atoms with van der Waals surface area (Å²) >= 11 is 0. The van der Waals surface area contributed by atoms with Crippen molar-refractivity contribution < 1.29 is 9.72 Å². The van der Waals surface area contributed by atoms with Crippen LogP contribution < -0.4 is 5.32 Å². The highest BCUT2D eigenvalue weighted by Gasteiger charge is 2.19. The number of nitro benzene ring substituents is 1. The van der Waals surface area contributed by atoms with Crippen molar-refractivity contribution >= 4 is 22.6 Å². The van der Waals surface area contributed by atoms with Gasteiger partial charge < -0.3 is 15.2 Å². The largest absolute Gasteiger partial charge is 0.349 e. The standard InChI is InChI=1S/C26H30N8O3/c1-3-33-17-22(24(30-33)18-4-6-19(7-5-18)34(36)37)20-8-9-27-25-21(20)16-23(29-25)26(35)28-10-11-32-14-12-31(2)13-15-32/h4-9,16-17H,3,10-15H2,1-2H3,(H,27,29)(H,28,35). The number of benzene rings is 1. The van der Waals surface area contributed by atoms with E-state index in [-0.39, 0.29) is 11.6 Å². The van der Waals surface area contributed by atoms with E-state index in [2.05, 4.69) is 32.1 Å². The zero-order valence-electron chi connectivity index (χ0n) is 21.0. The first-order valence-corrected chi connectivity index (χ1v) is 12.4. The van der Waals surface area contributed by atoms with E-state index >= 15 is 0 Å². The molecule has 1 aromatic carbocycles. The van der Waals surface area contributed by atoms with Crippen molar-refractivity contribution in [3.8, 4) is 22.4 Å². The van der Waals surface area contributed by atoms with Crippen molar-refractivity contribution in [1.82, 2.24) is 34.9 Å². The molecule has 5 rings (SSSR count). The number of carbonyl (C=O) groups excluding carboxylic acids is 1. The molecule has 37 heavy (non-hydrogen) atoms. The fourth-order valence-electron chi connectivity index (χ4n) is 4.61. The fraction of sp³-hybridized carbons (Fsp3) is 0.346. The number of nitrogens with zero attached hydrogens (tertiary/aromatic N) is 6. The topological polar surface area (TPSA) is 125 Å². The Kier molecular flexibility index (Phi) is 6.97. The number of hydrogen-bond donors (Lipinski definition) is 2. The van der Waals surface area contributed by atoms with Gasteiger partial charge in [-0.3, -0.25) is 24.5 Å². The van der Waals surface area contributed by atoms with Gasteiger partial charge in [-0.1, -0.05) is 0 Å². The molecule has 0 radical (unpaired) electrons. The molecule has 1 saturated heterocycles. The van der Waals surface area contributed by atoms with Crippen LogP contribution in [0.15, 0.2) is 48.8 Å². The van der Waals surface area contributed by atoms with Crippen molar-refractivity contribution in [2.45, 2.75) is 13.5 Å². The number of piperazine rings is 1. The molecule has 4 aromatic rings. The summed E-state index contributed by atoms with van der Waals surface area (Å²) in [6.07, 6.45) is 3.65. The second-order valence-corrected chi connectivity index (χ2v) is 9.26. The van der Waals surface area contributed by atoms with E-state index in [0.717, 1.165) is 54.8 Å². The minimum absolute atomic E-state index is 0.0282. The second-order valence-electron chi connectivity index (χ2n) is 9.26. The zero-order valence-corrected chi connectivity index (χ0v) is 21.0. The molecule has 0 saturated carbocycles. The average molecular weight is 503 g/mol. The van der Waals surface area contributed by atoms with E-state index in [1.54, 1.807) is 18.3 Å². The van der Waals surface area contributed by atoms with Crippen LogP contribution in [0.1, 0.15) is 17.4 Å². The van der Waals surface area contributed by atoms with Crippen LogP contribution in [0.4, 0.5) is 5.69 Å². The Morgan fingerprint density at radius 3 is 2.59 bits per heavy atom. The number of amides is 1. The van der Waals surface area contributed by atoms with Gasteiger partial charge in [-0.2, -0.15) is 5.10 Å². The number of aryl methyl sites for hydroxylation is 1.